The Kier molecular flexibility index (Phi) is 5.30. The van der Waals surface area contributed by atoms with E-state index in [1.54, 1.807) is 12.4 Å². The predicted molar refractivity (Wildman–Crippen MR) is 109 cm³/mol. The Bertz CT molecular complexity index is 912. The number of likely N-dealkylation sites (tertiary alicyclic amines) is 1. The molecule has 160 valence electrons. The van der Waals surface area contributed by atoms with Crippen LogP contribution in [-0.4, -0.2) is 64.3 Å². The number of ether oxygens (including phenoxy) is 3. The van der Waals surface area contributed by atoms with Crippen LogP contribution in [0.5, 0.6) is 11.5 Å². The minimum Gasteiger partial charge on any atom is -0.454 e. The molecule has 0 unspecified atom stereocenters. The number of hydrogen-bond donors (Lipinski definition) is 1. The van der Waals surface area contributed by atoms with Crippen LogP contribution in [0.3, 0.4) is 0 Å². The lowest BCUT2D eigenvalue weighted by Gasteiger charge is -2.42. The highest BCUT2D eigenvalue weighted by atomic mass is 35.5. The number of hydrogen-bond acceptors (Lipinski definition) is 6. The topological polar surface area (TPSA) is 79.9 Å². The van der Waals surface area contributed by atoms with Crippen molar-refractivity contribution in [3.8, 4) is 11.5 Å². The van der Waals surface area contributed by atoms with E-state index in [2.05, 4.69) is 14.9 Å². The largest absolute Gasteiger partial charge is 0.454 e. The standard InChI is InChI=1S/C21H25ClN4O4/c22-17-8-19-18(28-14-29-19)7-15(17)10-26-12-21(30-6-1-20(26)27)2-4-25(5-3-21)11-16-9-23-13-24-16/h7-9,13H,1-6,10-12,14H2,(H,23,24). The molecule has 0 saturated carbocycles. The van der Waals surface area contributed by atoms with E-state index in [0.29, 0.717) is 42.6 Å². The van der Waals surface area contributed by atoms with Crippen molar-refractivity contribution < 1.29 is 19.0 Å². The zero-order valence-corrected chi connectivity index (χ0v) is 17.5. The van der Waals surface area contributed by atoms with E-state index in [0.717, 1.165) is 43.7 Å². The van der Waals surface area contributed by atoms with Crippen molar-refractivity contribution in [3.63, 3.8) is 0 Å². The monoisotopic (exact) mass is 432 g/mol. The van der Waals surface area contributed by atoms with Gasteiger partial charge in [0.25, 0.3) is 0 Å². The van der Waals surface area contributed by atoms with E-state index < -0.39 is 0 Å². The smallest absolute Gasteiger partial charge is 0.231 e. The minimum absolute atomic E-state index is 0.0977. The number of aromatic amines is 1. The first kappa shape index (κ1) is 19.7. The molecule has 5 rings (SSSR count). The zero-order chi connectivity index (χ0) is 20.6. The van der Waals surface area contributed by atoms with Gasteiger partial charge in [0.15, 0.2) is 11.5 Å². The molecule has 2 aromatic rings. The predicted octanol–water partition coefficient (Wildman–Crippen LogP) is 2.58. The van der Waals surface area contributed by atoms with Gasteiger partial charge in [-0.3, -0.25) is 9.69 Å². The van der Waals surface area contributed by atoms with Gasteiger partial charge in [0.05, 0.1) is 31.5 Å². The second-order valence-electron chi connectivity index (χ2n) is 8.18. The van der Waals surface area contributed by atoms with E-state index in [4.69, 9.17) is 25.8 Å². The fourth-order valence-electron chi connectivity index (χ4n) is 4.46. The van der Waals surface area contributed by atoms with E-state index >= 15 is 0 Å². The van der Waals surface area contributed by atoms with Crippen molar-refractivity contribution in [1.82, 2.24) is 19.8 Å². The summed E-state index contributed by atoms with van der Waals surface area (Å²) in [5.41, 5.74) is 1.67. The van der Waals surface area contributed by atoms with Crippen LogP contribution in [0.1, 0.15) is 30.5 Å². The van der Waals surface area contributed by atoms with Gasteiger partial charge in [-0.15, -0.1) is 0 Å². The summed E-state index contributed by atoms with van der Waals surface area (Å²) in [6, 6.07) is 3.64. The number of amides is 1. The highest BCUT2D eigenvalue weighted by molar-refractivity contribution is 6.31. The first-order valence-corrected chi connectivity index (χ1v) is 10.7. The van der Waals surface area contributed by atoms with Crippen LogP contribution in [0.15, 0.2) is 24.7 Å². The molecule has 0 atom stereocenters. The average Bonchev–Trinajstić information content (AvgIpc) is 3.38. The lowest BCUT2D eigenvalue weighted by Crippen LogP contribution is -2.51. The normalized spacial score (nSPS) is 21.2. The van der Waals surface area contributed by atoms with E-state index in [1.807, 2.05) is 17.2 Å². The van der Waals surface area contributed by atoms with E-state index in [1.165, 1.54) is 0 Å². The van der Waals surface area contributed by atoms with Gasteiger partial charge in [0.1, 0.15) is 0 Å². The second-order valence-corrected chi connectivity index (χ2v) is 8.59. The summed E-state index contributed by atoms with van der Waals surface area (Å²) in [6.45, 7) is 4.38. The molecule has 1 amide bonds. The first-order chi connectivity index (χ1) is 14.6. The Morgan fingerprint density at radius 3 is 2.73 bits per heavy atom. The molecule has 4 heterocycles. The lowest BCUT2D eigenvalue weighted by molar-refractivity contribution is -0.132. The van der Waals surface area contributed by atoms with Crippen LogP contribution >= 0.6 is 11.6 Å². The number of benzene rings is 1. The molecule has 2 fully saturated rings. The summed E-state index contributed by atoms with van der Waals surface area (Å²) >= 11 is 6.46. The molecule has 8 nitrogen and oxygen atoms in total. The molecule has 0 aliphatic carbocycles. The van der Waals surface area contributed by atoms with Crippen molar-refractivity contribution in [2.45, 2.75) is 38.0 Å². The highest BCUT2D eigenvalue weighted by Gasteiger charge is 2.40. The van der Waals surface area contributed by atoms with E-state index in [-0.39, 0.29) is 18.3 Å². The highest BCUT2D eigenvalue weighted by Crippen LogP contribution is 2.38. The third kappa shape index (κ3) is 3.99. The lowest BCUT2D eigenvalue weighted by atomic mass is 9.90. The van der Waals surface area contributed by atoms with Gasteiger partial charge in [-0.1, -0.05) is 11.6 Å². The number of nitrogens with one attached hydrogen (secondary N) is 1. The number of halogens is 1. The molecule has 1 spiro atoms. The van der Waals surface area contributed by atoms with Crippen LogP contribution in [0.4, 0.5) is 0 Å². The number of fused-ring (bicyclic) bond motifs is 1. The first-order valence-electron chi connectivity index (χ1n) is 10.3. The van der Waals surface area contributed by atoms with Gasteiger partial charge in [-0.25, -0.2) is 4.98 Å². The Labute approximate surface area is 180 Å². The molecular formula is C21H25ClN4O4. The number of imidazole rings is 1. The van der Waals surface area contributed by atoms with Crippen molar-refractivity contribution >= 4 is 17.5 Å². The van der Waals surface area contributed by atoms with E-state index in [9.17, 15) is 4.79 Å². The molecule has 2 saturated heterocycles. The molecule has 30 heavy (non-hydrogen) atoms. The number of nitrogens with zero attached hydrogens (tertiary/aromatic N) is 3. The summed E-state index contributed by atoms with van der Waals surface area (Å²) in [7, 11) is 0. The number of carbonyl (C=O) groups excluding carboxylic acids is 1. The van der Waals surface area contributed by atoms with Crippen LogP contribution < -0.4 is 9.47 Å². The Balaban J connectivity index is 1.28. The molecular weight excluding hydrogens is 408 g/mol. The zero-order valence-electron chi connectivity index (χ0n) is 16.7. The molecule has 9 heteroatoms. The Morgan fingerprint density at radius 2 is 1.97 bits per heavy atom. The van der Waals surface area contributed by atoms with Crippen molar-refractivity contribution in [2.75, 3.05) is 33.0 Å². The quantitative estimate of drug-likeness (QED) is 0.799. The van der Waals surface area contributed by atoms with Crippen LogP contribution in [0.2, 0.25) is 5.02 Å². The number of rotatable bonds is 4. The van der Waals surface area contributed by atoms with Gasteiger partial charge in [-0.05, 0) is 24.5 Å². The summed E-state index contributed by atoms with van der Waals surface area (Å²) in [4.78, 5) is 24.3. The van der Waals surface area contributed by atoms with Gasteiger partial charge < -0.3 is 24.1 Å². The minimum atomic E-state index is -0.306. The van der Waals surface area contributed by atoms with Crippen LogP contribution in [0, 0.1) is 0 Å². The fourth-order valence-corrected chi connectivity index (χ4v) is 4.67. The van der Waals surface area contributed by atoms with Crippen molar-refractivity contribution in [1.29, 1.82) is 0 Å². The summed E-state index contributed by atoms with van der Waals surface area (Å²) < 4.78 is 17.1. The van der Waals surface area contributed by atoms with Gasteiger partial charge >= 0.3 is 0 Å². The van der Waals surface area contributed by atoms with Gasteiger partial charge in [0.2, 0.25) is 12.7 Å². The molecule has 1 aromatic carbocycles. The number of H-pyrrole nitrogens is 1. The van der Waals surface area contributed by atoms with Crippen LogP contribution in [-0.2, 0) is 22.6 Å². The van der Waals surface area contributed by atoms with Crippen LogP contribution in [0.25, 0.3) is 0 Å². The van der Waals surface area contributed by atoms with Crippen molar-refractivity contribution in [3.05, 3.63) is 40.9 Å². The Morgan fingerprint density at radius 1 is 1.17 bits per heavy atom. The molecule has 1 aromatic heterocycles. The maximum Gasteiger partial charge on any atom is 0.231 e. The maximum atomic E-state index is 12.8. The molecule has 3 aliphatic rings. The summed E-state index contributed by atoms with van der Waals surface area (Å²) in [6.07, 6.45) is 5.74. The fraction of sp³-hybridized carbons (Fsp3) is 0.524. The molecule has 0 radical (unpaired) electrons. The average molecular weight is 433 g/mol. The second kappa shape index (κ2) is 8.09. The van der Waals surface area contributed by atoms with Gasteiger partial charge in [-0.2, -0.15) is 0 Å². The number of piperidine rings is 1. The van der Waals surface area contributed by atoms with Crippen molar-refractivity contribution in [2.24, 2.45) is 0 Å². The molecule has 0 bridgehead atoms. The SMILES string of the molecule is O=C1CCOC2(CCN(Cc3cnc[nH]3)CC2)CN1Cc1cc2c(cc1Cl)OCO2. The third-order valence-electron chi connectivity index (χ3n) is 6.17. The Hall–Kier alpha value is -2.29. The number of carbonyl (C=O) groups is 1. The number of aromatic nitrogens is 2. The van der Waals surface area contributed by atoms with Gasteiger partial charge in [0, 0.05) is 49.2 Å². The molecule has 3 aliphatic heterocycles. The maximum absolute atomic E-state index is 12.8. The molecule has 1 N–H and O–H groups in total. The summed E-state index contributed by atoms with van der Waals surface area (Å²) in [5, 5.41) is 0.584. The summed E-state index contributed by atoms with van der Waals surface area (Å²) in [5.74, 6) is 1.42. The third-order valence-corrected chi connectivity index (χ3v) is 6.53.